The van der Waals surface area contributed by atoms with Gasteiger partial charge in [0.05, 0.1) is 6.54 Å². The van der Waals surface area contributed by atoms with Crippen molar-refractivity contribution in [2.75, 3.05) is 6.54 Å². The molecule has 0 spiro atoms. The Morgan fingerprint density at radius 1 is 1.25 bits per heavy atom. The van der Waals surface area contributed by atoms with Crippen LogP contribution in [0.15, 0.2) is 0 Å². The van der Waals surface area contributed by atoms with Crippen molar-refractivity contribution in [3.8, 4) is 0 Å². The first-order chi connectivity index (χ1) is 7.41. The number of amides is 1. The van der Waals surface area contributed by atoms with E-state index >= 15 is 0 Å². The minimum atomic E-state index is 0.0556. The Hall–Kier alpha value is -0.570. The first-order valence-corrected chi connectivity index (χ1v) is 6.45. The molecule has 0 saturated heterocycles. The molecular formula is C13H28N2O. The smallest absolute Gasteiger partial charge is 0.234 e. The summed E-state index contributed by atoms with van der Waals surface area (Å²) in [4.78, 5) is 11.6. The normalized spacial score (nSPS) is 13.6. The van der Waals surface area contributed by atoms with Crippen LogP contribution in [0.4, 0.5) is 0 Å². The third-order valence-electron chi connectivity index (χ3n) is 2.73. The van der Waals surface area contributed by atoms with Crippen LogP contribution in [0.2, 0.25) is 0 Å². The summed E-state index contributed by atoms with van der Waals surface area (Å²) in [5, 5.41) is 6.29. The van der Waals surface area contributed by atoms with Gasteiger partial charge in [0.15, 0.2) is 0 Å². The molecule has 0 aliphatic rings. The van der Waals surface area contributed by atoms with E-state index in [4.69, 9.17) is 0 Å². The molecule has 96 valence electrons. The van der Waals surface area contributed by atoms with Crippen LogP contribution >= 0.6 is 0 Å². The molecule has 0 aliphatic carbocycles. The largest absolute Gasteiger partial charge is 0.353 e. The van der Waals surface area contributed by atoms with Gasteiger partial charge in [-0.3, -0.25) is 4.79 Å². The summed E-state index contributed by atoms with van der Waals surface area (Å²) < 4.78 is 0. The molecular weight excluding hydrogens is 200 g/mol. The quantitative estimate of drug-likeness (QED) is 0.670. The summed E-state index contributed by atoms with van der Waals surface area (Å²) in [7, 11) is 0. The maximum Gasteiger partial charge on any atom is 0.234 e. The van der Waals surface area contributed by atoms with Crippen LogP contribution < -0.4 is 10.6 Å². The fourth-order valence-electron chi connectivity index (χ4n) is 1.86. The molecule has 1 amide bonds. The van der Waals surface area contributed by atoms with Crippen molar-refractivity contribution in [2.24, 2.45) is 0 Å². The molecule has 0 saturated carbocycles. The third kappa shape index (κ3) is 7.69. The summed E-state index contributed by atoms with van der Waals surface area (Å²) >= 11 is 0. The van der Waals surface area contributed by atoms with Crippen molar-refractivity contribution >= 4 is 5.91 Å². The number of rotatable bonds is 8. The zero-order chi connectivity index (χ0) is 12.6. The Morgan fingerprint density at radius 3 is 2.38 bits per heavy atom. The summed E-state index contributed by atoms with van der Waals surface area (Å²) in [5.41, 5.74) is 0.0556. The molecule has 0 radical (unpaired) electrons. The Balaban J connectivity index is 3.80. The predicted octanol–water partition coefficient (Wildman–Crippen LogP) is 2.46. The maximum atomic E-state index is 11.6. The zero-order valence-corrected chi connectivity index (χ0v) is 11.5. The van der Waals surface area contributed by atoms with Gasteiger partial charge in [-0.05, 0) is 33.6 Å². The van der Waals surface area contributed by atoms with E-state index in [2.05, 4.69) is 45.3 Å². The van der Waals surface area contributed by atoms with Crippen LogP contribution in [-0.4, -0.2) is 24.0 Å². The molecule has 1 atom stereocenters. The van der Waals surface area contributed by atoms with Gasteiger partial charge in [0.2, 0.25) is 5.91 Å². The number of hydrogen-bond donors (Lipinski definition) is 2. The highest BCUT2D eigenvalue weighted by Crippen LogP contribution is 2.09. The standard InChI is InChI=1S/C13H28N2O/c1-6-8-11(3)15-12(16)10-14-13(4,5)9-7-2/h11,14H,6-10H2,1-5H3,(H,15,16). The average molecular weight is 228 g/mol. The highest BCUT2D eigenvalue weighted by atomic mass is 16.1. The monoisotopic (exact) mass is 228 g/mol. The molecule has 16 heavy (non-hydrogen) atoms. The SMILES string of the molecule is CCCC(C)NC(=O)CNC(C)(C)CCC. The van der Waals surface area contributed by atoms with Gasteiger partial charge in [-0.2, -0.15) is 0 Å². The van der Waals surface area contributed by atoms with Gasteiger partial charge in [0, 0.05) is 11.6 Å². The highest BCUT2D eigenvalue weighted by molar-refractivity contribution is 5.78. The van der Waals surface area contributed by atoms with Gasteiger partial charge in [-0.15, -0.1) is 0 Å². The fourth-order valence-corrected chi connectivity index (χ4v) is 1.86. The number of hydrogen-bond acceptors (Lipinski definition) is 2. The van der Waals surface area contributed by atoms with E-state index in [1.54, 1.807) is 0 Å². The molecule has 0 aromatic rings. The van der Waals surface area contributed by atoms with E-state index in [9.17, 15) is 4.79 Å². The lowest BCUT2D eigenvalue weighted by atomic mass is 9.99. The number of nitrogens with one attached hydrogen (secondary N) is 2. The van der Waals surface area contributed by atoms with Crippen LogP contribution in [0.5, 0.6) is 0 Å². The summed E-state index contributed by atoms with van der Waals surface area (Å²) in [6, 6.07) is 0.286. The van der Waals surface area contributed by atoms with Crippen LogP contribution in [0.25, 0.3) is 0 Å². The molecule has 1 unspecified atom stereocenters. The molecule has 3 heteroatoms. The van der Waals surface area contributed by atoms with Crippen molar-refractivity contribution in [3.05, 3.63) is 0 Å². The summed E-state index contributed by atoms with van der Waals surface area (Å²) in [5.74, 6) is 0.102. The van der Waals surface area contributed by atoms with E-state index in [1.165, 1.54) is 0 Å². The van der Waals surface area contributed by atoms with E-state index in [-0.39, 0.29) is 17.5 Å². The Bertz CT molecular complexity index is 202. The van der Waals surface area contributed by atoms with Crippen LogP contribution in [0.1, 0.15) is 60.3 Å². The molecule has 0 aromatic heterocycles. The maximum absolute atomic E-state index is 11.6. The second-order valence-electron chi connectivity index (χ2n) is 5.24. The molecule has 0 aliphatic heterocycles. The van der Waals surface area contributed by atoms with Gasteiger partial charge in [-0.25, -0.2) is 0 Å². The summed E-state index contributed by atoms with van der Waals surface area (Å²) in [6.45, 7) is 11.0. The second-order valence-corrected chi connectivity index (χ2v) is 5.24. The lowest BCUT2D eigenvalue weighted by Crippen LogP contribution is -2.46. The molecule has 3 nitrogen and oxygen atoms in total. The Kier molecular flexibility index (Phi) is 7.39. The van der Waals surface area contributed by atoms with Crippen LogP contribution in [-0.2, 0) is 4.79 Å². The minimum absolute atomic E-state index is 0.0556. The topological polar surface area (TPSA) is 41.1 Å². The van der Waals surface area contributed by atoms with Crippen molar-refractivity contribution in [1.82, 2.24) is 10.6 Å². The zero-order valence-electron chi connectivity index (χ0n) is 11.5. The number of carbonyl (C=O) groups is 1. The molecule has 2 N–H and O–H groups in total. The number of carbonyl (C=O) groups excluding carboxylic acids is 1. The van der Waals surface area contributed by atoms with Gasteiger partial charge >= 0.3 is 0 Å². The Labute approximate surface area is 100 Å². The van der Waals surface area contributed by atoms with E-state index < -0.39 is 0 Å². The summed E-state index contributed by atoms with van der Waals surface area (Å²) in [6.07, 6.45) is 4.37. The lowest BCUT2D eigenvalue weighted by molar-refractivity contribution is -0.121. The first kappa shape index (κ1) is 15.4. The highest BCUT2D eigenvalue weighted by Gasteiger charge is 2.17. The van der Waals surface area contributed by atoms with E-state index in [1.807, 2.05) is 0 Å². The third-order valence-corrected chi connectivity index (χ3v) is 2.73. The minimum Gasteiger partial charge on any atom is -0.353 e. The van der Waals surface area contributed by atoms with E-state index in [0.29, 0.717) is 6.54 Å². The fraction of sp³-hybridized carbons (Fsp3) is 0.923. The molecule has 0 rings (SSSR count). The van der Waals surface area contributed by atoms with Gasteiger partial charge < -0.3 is 10.6 Å². The van der Waals surface area contributed by atoms with Gasteiger partial charge in [-0.1, -0.05) is 26.7 Å². The molecule has 0 aromatic carbocycles. The molecule has 0 bridgehead atoms. The Morgan fingerprint density at radius 2 is 1.88 bits per heavy atom. The van der Waals surface area contributed by atoms with Gasteiger partial charge in [0.25, 0.3) is 0 Å². The first-order valence-electron chi connectivity index (χ1n) is 6.45. The van der Waals surface area contributed by atoms with E-state index in [0.717, 1.165) is 25.7 Å². The predicted molar refractivity (Wildman–Crippen MR) is 69.5 cm³/mol. The molecule has 0 heterocycles. The van der Waals surface area contributed by atoms with Crippen molar-refractivity contribution in [3.63, 3.8) is 0 Å². The van der Waals surface area contributed by atoms with Gasteiger partial charge in [0.1, 0.15) is 0 Å². The van der Waals surface area contributed by atoms with Crippen LogP contribution in [0.3, 0.4) is 0 Å². The lowest BCUT2D eigenvalue weighted by Gasteiger charge is -2.26. The van der Waals surface area contributed by atoms with Crippen LogP contribution in [0, 0.1) is 0 Å². The van der Waals surface area contributed by atoms with Crippen molar-refractivity contribution in [2.45, 2.75) is 71.9 Å². The molecule has 0 fully saturated rings. The second kappa shape index (κ2) is 7.66. The van der Waals surface area contributed by atoms with Crippen molar-refractivity contribution < 1.29 is 4.79 Å². The van der Waals surface area contributed by atoms with Crippen molar-refractivity contribution in [1.29, 1.82) is 0 Å². The average Bonchev–Trinajstić information content (AvgIpc) is 2.15.